The first-order chi connectivity index (χ1) is 6.52. The second-order valence-electron chi connectivity index (χ2n) is 4.78. The van der Waals surface area contributed by atoms with Crippen molar-refractivity contribution in [1.29, 1.82) is 0 Å². The van der Waals surface area contributed by atoms with Crippen LogP contribution in [0.25, 0.3) is 0 Å². The summed E-state index contributed by atoms with van der Waals surface area (Å²) >= 11 is 0. The lowest BCUT2D eigenvalue weighted by atomic mass is 9.97. The summed E-state index contributed by atoms with van der Waals surface area (Å²) in [6, 6.07) is -0.316. The zero-order valence-corrected chi connectivity index (χ0v) is 9.49. The average molecular weight is 198 g/mol. The minimum Gasteiger partial charge on any atom is -0.341 e. The maximum atomic E-state index is 11.8. The number of nitrogens with two attached hydrogens (primary N) is 1. The highest BCUT2D eigenvalue weighted by atomic mass is 16.2. The van der Waals surface area contributed by atoms with Crippen molar-refractivity contribution in [3.8, 4) is 0 Å². The Kier molecular flexibility index (Phi) is 3.93. The van der Waals surface area contributed by atoms with Gasteiger partial charge in [-0.05, 0) is 24.7 Å². The van der Waals surface area contributed by atoms with Crippen LogP contribution >= 0.6 is 0 Å². The zero-order valence-electron chi connectivity index (χ0n) is 9.49. The van der Waals surface area contributed by atoms with Gasteiger partial charge in [0.15, 0.2) is 0 Å². The number of amides is 1. The van der Waals surface area contributed by atoms with Crippen molar-refractivity contribution >= 4 is 5.91 Å². The third-order valence-corrected chi connectivity index (χ3v) is 3.10. The molecule has 1 atom stereocenters. The molecule has 0 spiro atoms. The maximum Gasteiger partial charge on any atom is 0.239 e. The third-order valence-electron chi connectivity index (χ3n) is 3.10. The summed E-state index contributed by atoms with van der Waals surface area (Å²) < 4.78 is 0. The molecule has 1 aliphatic rings. The topological polar surface area (TPSA) is 46.3 Å². The molecular weight excluding hydrogens is 176 g/mol. The monoisotopic (exact) mass is 198 g/mol. The molecule has 1 fully saturated rings. The lowest BCUT2D eigenvalue weighted by Crippen LogP contribution is -2.49. The van der Waals surface area contributed by atoms with Crippen molar-refractivity contribution < 1.29 is 4.79 Å². The standard InChI is InChI=1S/C11H22N2O/c1-8(2)10(12)11(14)13-6-4-9(3)5-7-13/h8-10H,4-7,12H2,1-3H3/t10-/m0/s1. The minimum atomic E-state index is -0.316. The molecule has 1 amide bonds. The molecule has 1 aliphatic heterocycles. The fourth-order valence-electron chi connectivity index (χ4n) is 1.72. The molecule has 1 heterocycles. The summed E-state index contributed by atoms with van der Waals surface area (Å²) in [5.74, 6) is 1.13. The number of carbonyl (C=O) groups is 1. The van der Waals surface area contributed by atoms with Crippen molar-refractivity contribution in [1.82, 2.24) is 4.90 Å². The Bertz CT molecular complexity index is 195. The molecule has 3 heteroatoms. The van der Waals surface area contributed by atoms with E-state index in [1.165, 1.54) is 0 Å². The molecule has 0 aromatic carbocycles. The Morgan fingerprint density at radius 3 is 2.29 bits per heavy atom. The highest BCUT2D eigenvalue weighted by molar-refractivity contribution is 5.81. The second-order valence-corrected chi connectivity index (χ2v) is 4.78. The Labute approximate surface area is 86.6 Å². The average Bonchev–Trinajstić information content (AvgIpc) is 2.16. The van der Waals surface area contributed by atoms with Gasteiger partial charge in [-0.15, -0.1) is 0 Å². The second kappa shape index (κ2) is 4.78. The van der Waals surface area contributed by atoms with E-state index in [2.05, 4.69) is 6.92 Å². The molecule has 1 saturated heterocycles. The van der Waals surface area contributed by atoms with Crippen molar-refractivity contribution in [3.05, 3.63) is 0 Å². The van der Waals surface area contributed by atoms with Crippen LogP contribution in [0.1, 0.15) is 33.6 Å². The largest absolute Gasteiger partial charge is 0.341 e. The summed E-state index contributed by atoms with van der Waals surface area (Å²) in [7, 11) is 0. The van der Waals surface area contributed by atoms with Gasteiger partial charge in [0, 0.05) is 13.1 Å². The molecule has 2 N–H and O–H groups in total. The number of carbonyl (C=O) groups excluding carboxylic acids is 1. The van der Waals surface area contributed by atoms with Crippen LogP contribution < -0.4 is 5.73 Å². The first-order valence-corrected chi connectivity index (χ1v) is 5.56. The van der Waals surface area contributed by atoms with E-state index in [0.717, 1.165) is 31.8 Å². The number of likely N-dealkylation sites (tertiary alicyclic amines) is 1. The molecule has 3 nitrogen and oxygen atoms in total. The number of nitrogens with zero attached hydrogens (tertiary/aromatic N) is 1. The Balaban J connectivity index is 2.45. The van der Waals surface area contributed by atoms with Crippen LogP contribution in [0.4, 0.5) is 0 Å². The highest BCUT2D eigenvalue weighted by Crippen LogP contribution is 2.17. The van der Waals surface area contributed by atoms with Gasteiger partial charge in [-0.3, -0.25) is 4.79 Å². The molecule has 0 saturated carbocycles. The summed E-state index contributed by atoms with van der Waals surface area (Å²) in [5.41, 5.74) is 5.83. The Hall–Kier alpha value is -0.570. The molecule has 82 valence electrons. The fraction of sp³-hybridized carbons (Fsp3) is 0.909. The van der Waals surface area contributed by atoms with Gasteiger partial charge in [0.1, 0.15) is 0 Å². The molecule has 14 heavy (non-hydrogen) atoms. The quantitative estimate of drug-likeness (QED) is 0.725. The lowest BCUT2D eigenvalue weighted by Gasteiger charge is -2.32. The van der Waals surface area contributed by atoms with Crippen molar-refractivity contribution in [2.45, 2.75) is 39.7 Å². The van der Waals surface area contributed by atoms with Crippen LogP contribution in [0.5, 0.6) is 0 Å². The van der Waals surface area contributed by atoms with Crippen LogP contribution in [-0.4, -0.2) is 29.9 Å². The molecule has 0 aromatic heterocycles. The number of hydrogen-bond acceptors (Lipinski definition) is 2. The van der Waals surface area contributed by atoms with Crippen LogP contribution in [0.2, 0.25) is 0 Å². The summed E-state index contributed by atoms with van der Waals surface area (Å²) in [5, 5.41) is 0. The zero-order chi connectivity index (χ0) is 10.7. The van der Waals surface area contributed by atoms with Gasteiger partial charge in [0.25, 0.3) is 0 Å². The molecule has 1 rings (SSSR count). The first kappa shape index (κ1) is 11.5. The van der Waals surface area contributed by atoms with Gasteiger partial charge >= 0.3 is 0 Å². The van der Waals surface area contributed by atoms with Crippen LogP contribution in [-0.2, 0) is 4.79 Å². The summed E-state index contributed by atoms with van der Waals surface area (Å²) in [4.78, 5) is 13.8. The van der Waals surface area contributed by atoms with E-state index in [4.69, 9.17) is 5.73 Å². The van der Waals surface area contributed by atoms with Crippen molar-refractivity contribution in [2.75, 3.05) is 13.1 Å². The van der Waals surface area contributed by atoms with Gasteiger partial charge in [0.05, 0.1) is 6.04 Å². The van der Waals surface area contributed by atoms with E-state index in [-0.39, 0.29) is 17.9 Å². The first-order valence-electron chi connectivity index (χ1n) is 5.56. The third kappa shape index (κ3) is 2.71. The van der Waals surface area contributed by atoms with E-state index in [9.17, 15) is 4.79 Å². The molecule has 0 radical (unpaired) electrons. The van der Waals surface area contributed by atoms with E-state index < -0.39 is 0 Å². The highest BCUT2D eigenvalue weighted by Gasteiger charge is 2.26. The van der Waals surface area contributed by atoms with Gasteiger partial charge in [0.2, 0.25) is 5.91 Å². The molecule has 0 aliphatic carbocycles. The van der Waals surface area contributed by atoms with E-state index in [1.807, 2.05) is 18.7 Å². The normalized spacial score (nSPS) is 21.4. The van der Waals surface area contributed by atoms with Gasteiger partial charge < -0.3 is 10.6 Å². The maximum absolute atomic E-state index is 11.8. The van der Waals surface area contributed by atoms with Crippen LogP contribution in [0.15, 0.2) is 0 Å². The molecule has 0 aromatic rings. The van der Waals surface area contributed by atoms with Crippen molar-refractivity contribution in [3.63, 3.8) is 0 Å². The summed E-state index contributed by atoms with van der Waals surface area (Å²) in [6.45, 7) is 8.01. The number of rotatable bonds is 2. The van der Waals surface area contributed by atoms with E-state index >= 15 is 0 Å². The predicted molar refractivity (Wildman–Crippen MR) is 57.8 cm³/mol. The van der Waals surface area contributed by atoms with Gasteiger partial charge in [-0.2, -0.15) is 0 Å². The predicted octanol–water partition coefficient (Wildman–Crippen LogP) is 1.23. The van der Waals surface area contributed by atoms with Gasteiger partial charge in [-0.1, -0.05) is 20.8 Å². The number of hydrogen-bond donors (Lipinski definition) is 1. The number of piperidine rings is 1. The molecule has 0 unspecified atom stereocenters. The van der Waals surface area contributed by atoms with E-state index in [1.54, 1.807) is 0 Å². The molecule has 0 bridgehead atoms. The lowest BCUT2D eigenvalue weighted by molar-refractivity contribution is -0.134. The van der Waals surface area contributed by atoms with Crippen molar-refractivity contribution in [2.24, 2.45) is 17.6 Å². The van der Waals surface area contributed by atoms with Crippen LogP contribution in [0.3, 0.4) is 0 Å². The van der Waals surface area contributed by atoms with Gasteiger partial charge in [-0.25, -0.2) is 0 Å². The Morgan fingerprint density at radius 2 is 1.86 bits per heavy atom. The Morgan fingerprint density at radius 1 is 1.36 bits per heavy atom. The smallest absolute Gasteiger partial charge is 0.239 e. The summed E-state index contributed by atoms with van der Waals surface area (Å²) in [6.07, 6.45) is 2.24. The van der Waals surface area contributed by atoms with Crippen LogP contribution in [0, 0.1) is 11.8 Å². The molecular formula is C11H22N2O. The van der Waals surface area contributed by atoms with E-state index in [0.29, 0.717) is 0 Å². The fourth-order valence-corrected chi connectivity index (χ4v) is 1.72. The SMILES string of the molecule is CC1CCN(C(=O)[C@@H](N)C(C)C)CC1. The minimum absolute atomic E-state index is 0.131.